The van der Waals surface area contributed by atoms with Crippen molar-refractivity contribution in [2.75, 3.05) is 10.6 Å². The molecule has 0 radical (unpaired) electrons. The van der Waals surface area contributed by atoms with Crippen LogP contribution in [0.25, 0.3) is 21.5 Å². The number of rotatable bonds is 14. The Kier molecular flexibility index (Phi) is 16.9. The number of benzene rings is 8. The predicted molar refractivity (Wildman–Crippen MR) is 262 cm³/mol. The Morgan fingerprint density at radius 2 is 0.836 bits per heavy atom. The number of aromatic hydroxyl groups is 4. The van der Waals surface area contributed by atoms with Crippen LogP contribution in [0.4, 0.5) is 34.1 Å². The summed E-state index contributed by atoms with van der Waals surface area (Å²) in [6, 6.07) is 46.5. The van der Waals surface area contributed by atoms with Gasteiger partial charge in [0.2, 0.25) is 0 Å². The molecule has 67 heavy (non-hydrogen) atoms. The quantitative estimate of drug-likeness (QED) is 0.0465. The first-order valence-corrected chi connectivity index (χ1v) is 21.8. The van der Waals surface area contributed by atoms with E-state index >= 15 is 0 Å². The molecule has 340 valence electrons. The standard InChI is InChI=1S/2C27H25N3O3.Fe/c2*1-2-3-9-18-14-15-24(31)23(16-18)29-30-25-21-13-8-7-10-19(21)17-22(26(25)32)27(33)28-20-11-5-4-6-12-20;/h2*4-8,10-17,31-32H,2-3,9H2,1H3,(H,28,33);. The Hall–Kier alpha value is -7.86. The number of nitrogens with zero attached hydrogens (tertiary/aromatic N) is 4. The number of hydrogen-bond acceptors (Lipinski definition) is 10. The largest absolute Gasteiger partial charge is 0.506 e. The van der Waals surface area contributed by atoms with Crippen molar-refractivity contribution in [3.8, 4) is 23.0 Å². The number of hydrogen-bond donors (Lipinski definition) is 6. The van der Waals surface area contributed by atoms with Crippen molar-refractivity contribution in [2.24, 2.45) is 20.5 Å². The van der Waals surface area contributed by atoms with Crippen molar-refractivity contribution in [3.63, 3.8) is 0 Å². The Morgan fingerprint density at radius 3 is 1.22 bits per heavy atom. The number of aryl methyl sites for hydroxylation is 2. The van der Waals surface area contributed by atoms with Crippen molar-refractivity contribution in [2.45, 2.75) is 52.4 Å². The molecule has 8 aromatic rings. The van der Waals surface area contributed by atoms with Crippen LogP contribution in [0.1, 0.15) is 71.4 Å². The zero-order valence-electron chi connectivity index (χ0n) is 37.0. The zero-order chi connectivity index (χ0) is 46.4. The molecule has 0 bridgehead atoms. The van der Waals surface area contributed by atoms with Crippen LogP contribution in [-0.4, -0.2) is 32.2 Å². The average molecular weight is 935 g/mol. The van der Waals surface area contributed by atoms with Crippen LogP contribution in [0.3, 0.4) is 0 Å². The molecular formula is C54H50FeN6O6. The number of phenolic OH excluding ortho intramolecular Hbond substituents is 4. The van der Waals surface area contributed by atoms with E-state index in [0.29, 0.717) is 33.5 Å². The number of carbonyl (C=O) groups is 2. The first-order valence-electron chi connectivity index (χ1n) is 21.8. The molecular weight excluding hydrogens is 884 g/mol. The average Bonchev–Trinajstić information content (AvgIpc) is 3.34. The van der Waals surface area contributed by atoms with E-state index in [1.807, 2.05) is 84.9 Å². The molecule has 8 aromatic carbocycles. The maximum absolute atomic E-state index is 12.9. The van der Waals surface area contributed by atoms with Crippen LogP contribution < -0.4 is 10.6 Å². The van der Waals surface area contributed by atoms with Gasteiger partial charge in [-0.25, -0.2) is 0 Å². The van der Waals surface area contributed by atoms with E-state index in [2.05, 4.69) is 44.9 Å². The molecule has 8 rings (SSSR count). The molecule has 0 atom stereocenters. The monoisotopic (exact) mass is 934 g/mol. The second-order valence-corrected chi connectivity index (χ2v) is 15.6. The van der Waals surface area contributed by atoms with Gasteiger partial charge in [-0.1, -0.05) is 124 Å². The molecule has 0 heterocycles. The summed E-state index contributed by atoms with van der Waals surface area (Å²) in [5, 5.41) is 67.8. The van der Waals surface area contributed by atoms with Gasteiger partial charge in [0.25, 0.3) is 11.8 Å². The van der Waals surface area contributed by atoms with Crippen LogP contribution >= 0.6 is 0 Å². The number of fused-ring (bicyclic) bond motifs is 2. The molecule has 13 heteroatoms. The summed E-state index contributed by atoms with van der Waals surface area (Å²) in [6.45, 7) is 4.24. The normalized spacial score (nSPS) is 11.0. The topological polar surface area (TPSA) is 189 Å². The fourth-order valence-corrected chi connectivity index (χ4v) is 7.20. The fraction of sp³-hybridized carbons (Fsp3) is 0.148. The number of unbranched alkanes of at least 4 members (excludes halogenated alkanes) is 2. The third kappa shape index (κ3) is 12.3. The van der Waals surface area contributed by atoms with Gasteiger partial charge in [0, 0.05) is 39.2 Å². The van der Waals surface area contributed by atoms with Crippen LogP contribution in [0.5, 0.6) is 23.0 Å². The van der Waals surface area contributed by atoms with Crippen LogP contribution in [0.15, 0.2) is 178 Å². The van der Waals surface area contributed by atoms with E-state index in [-0.39, 0.29) is 62.6 Å². The number of carbonyl (C=O) groups excluding carboxylic acids is 2. The molecule has 0 saturated heterocycles. The first-order chi connectivity index (χ1) is 32.1. The Morgan fingerprint density at radius 1 is 0.463 bits per heavy atom. The van der Waals surface area contributed by atoms with Crippen LogP contribution in [0.2, 0.25) is 0 Å². The van der Waals surface area contributed by atoms with Gasteiger partial charge < -0.3 is 31.1 Å². The van der Waals surface area contributed by atoms with Crippen LogP contribution in [-0.2, 0) is 29.9 Å². The first kappa shape index (κ1) is 48.6. The molecule has 0 fully saturated rings. The minimum atomic E-state index is -0.453. The van der Waals surface area contributed by atoms with Gasteiger partial charge in [-0.15, -0.1) is 20.5 Å². The van der Waals surface area contributed by atoms with E-state index in [1.54, 1.807) is 72.8 Å². The van der Waals surface area contributed by atoms with E-state index in [0.717, 1.165) is 60.4 Å². The SMILES string of the molecule is CCCCc1ccc(O)c(N=Nc2c(O)c(C(=O)Nc3ccccc3)cc3ccccc23)c1.CCCCc1ccc(O)c(N=Nc2c(O)c(C(=O)Nc3ccccc3)cc3ccccc23)c1.[Fe]. The Labute approximate surface area is 399 Å². The second kappa shape index (κ2) is 23.4. The molecule has 6 N–H and O–H groups in total. The van der Waals surface area contributed by atoms with Crippen LogP contribution in [0, 0.1) is 0 Å². The van der Waals surface area contributed by atoms with Gasteiger partial charge in [0.1, 0.15) is 34.2 Å². The van der Waals surface area contributed by atoms with Gasteiger partial charge in [-0.3, -0.25) is 9.59 Å². The minimum absolute atomic E-state index is 0. The van der Waals surface area contributed by atoms with E-state index < -0.39 is 11.8 Å². The third-order valence-corrected chi connectivity index (χ3v) is 10.8. The summed E-state index contributed by atoms with van der Waals surface area (Å²) in [5.74, 6) is -1.45. The molecule has 0 aliphatic carbocycles. The maximum atomic E-state index is 12.9. The summed E-state index contributed by atoms with van der Waals surface area (Å²) < 4.78 is 0. The molecule has 2 amide bonds. The van der Waals surface area contributed by atoms with E-state index in [9.17, 15) is 30.0 Å². The number of anilines is 2. The summed E-state index contributed by atoms with van der Waals surface area (Å²) >= 11 is 0. The smallest absolute Gasteiger partial charge is 0.259 e. The summed E-state index contributed by atoms with van der Waals surface area (Å²) in [5.41, 5.74) is 4.48. The Balaban J connectivity index is 0.000000218. The zero-order valence-corrected chi connectivity index (χ0v) is 38.1. The van der Waals surface area contributed by atoms with Gasteiger partial charge >= 0.3 is 0 Å². The predicted octanol–water partition coefficient (Wildman–Crippen LogP) is 14.5. The second-order valence-electron chi connectivity index (χ2n) is 15.6. The van der Waals surface area contributed by atoms with Crippen molar-refractivity contribution < 1.29 is 47.1 Å². The molecule has 0 unspecified atom stereocenters. The minimum Gasteiger partial charge on any atom is -0.506 e. The van der Waals surface area contributed by atoms with E-state index in [1.165, 1.54) is 0 Å². The molecule has 0 saturated carbocycles. The van der Waals surface area contributed by atoms with Gasteiger partial charge in [-0.2, -0.15) is 0 Å². The number of phenols is 4. The molecule has 0 aliphatic rings. The van der Waals surface area contributed by atoms with Crippen molar-refractivity contribution in [1.29, 1.82) is 0 Å². The van der Waals surface area contributed by atoms with Crippen molar-refractivity contribution >= 4 is 67.5 Å². The number of amides is 2. The third-order valence-electron chi connectivity index (χ3n) is 10.8. The van der Waals surface area contributed by atoms with Gasteiger partial charge in [0.05, 0.1) is 11.1 Å². The van der Waals surface area contributed by atoms with Crippen molar-refractivity contribution in [3.05, 3.63) is 180 Å². The van der Waals surface area contributed by atoms with Crippen molar-refractivity contribution in [1.82, 2.24) is 0 Å². The maximum Gasteiger partial charge on any atom is 0.259 e. The fourth-order valence-electron chi connectivity index (χ4n) is 7.20. The van der Waals surface area contributed by atoms with E-state index in [4.69, 9.17) is 0 Å². The van der Waals surface area contributed by atoms with Gasteiger partial charge in [-0.05, 0) is 108 Å². The summed E-state index contributed by atoms with van der Waals surface area (Å²) in [6.07, 6.45) is 5.95. The number of para-hydroxylation sites is 2. The molecule has 0 aromatic heterocycles. The molecule has 0 aliphatic heterocycles. The Bertz CT molecular complexity index is 2850. The number of nitrogens with one attached hydrogen (secondary N) is 2. The molecule has 0 spiro atoms. The molecule has 12 nitrogen and oxygen atoms in total. The summed E-state index contributed by atoms with van der Waals surface area (Å²) in [4.78, 5) is 25.8. The number of azo groups is 2. The van der Waals surface area contributed by atoms with Gasteiger partial charge in [0.15, 0.2) is 11.5 Å². The summed E-state index contributed by atoms with van der Waals surface area (Å²) in [7, 11) is 0.